The highest BCUT2D eigenvalue weighted by Gasteiger charge is 2.30. The predicted molar refractivity (Wildman–Crippen MR) is 165 cm³/mol. The van der Waals surface area contributed by atoms with Crippen molar-refractivity contribution >= 4 is 26.5 Å². The van der Waals surface area contributed by atoms with Gasteiger partial charge in [0.1, 0.15) is 11.6 Å². The molecule has 0 atom stereocenters. The number of benzene rings is 4. The van der Waals surface area contributed by atoms with Crippen molar-refractivity contribution in [3.05, 3.63) is 102 Å². The van der Waals surface area contributed by atoms with Gasteiger partial charge in [0.15, 0.2) is 0 Å². The quantitative estimate of drug-likeness (QED) is 0.289. The molecule has 0 spiro atoms. The number of hydrogen-bond acceptors (Lipinski definition) is 6. The van der Waals surface area contributed by atoms with E-state index in [1.165, 1.54) is 6.07 Å². The maximum atomic E-state index is 14.3. The second kappa shape index (κ2) is 12.4. The van der Waals surface area contributed by atoms with Crippen LogP contribution in [-0.2, 0) is 16.4 Å². The van der Waals surface area contributed by atoms with E-state index in [0.29, 0.717) is 41.2 Å². The Morgan fingerprint density at radius 1 is 0.791 bits per heavy atom. The topological polar surface area (TPSA) is 70.2 Å². The maximum absolute atomic E-state index is 14.3. The number of nitrogens with zero attached hydrogens (tertiary/aromatic N) is 3. The summed E-state index contributed by atoms with van der Waals surface area (Å²) in [5, 5.41) is 1.15. The molecule has 4 aromatic rings. The molecule has 2 heterocycles. The summed E-state index contributed by atoms with van der Waals surface area (Å²) >= 11 is 0. The van der Waals surface area contributed by atoms with Crippen LogP contribution in [0.1, 0.15) is 28.8 Å². The van der Waals surface area contributed by atoms with Gasteiger partial charge in [-0.1, -0.05) is 36.4 Å². The zero-order valence-electron chi connectivity index (χ0n) is 24.3. The van der Waals surface area contributed by atoms with E-state index in [2.05, 4.69) is 9.80 Å². The van der Waals surface area contributed by atoms with Crippen LogP contribution < -0.4 is 4.74 Å². The standard InChI is InChI=1S/C34H36FN3O4S/c1-42-27-8-12-29(13-9-27)43(40,41)28-10-6-25(7-11-28)24-36-20-22-37(23-21-36)26-16-18-38(19-17-26)34(39)32-14-15-33(35)31-5-3-2-4-30(31)32/h2-15,26H,16-24H2,1H3. The number of hydrogen-bond donors (Lipinski definition) is 0. The minimum absolute atomic E-state index is 0.0257. The predicted octanol–water partition coefficient (Wildman–Crippen LogP) is 5.24. The van der Waals surface area contributed by atoms with Crippen LogP contribution in [0.25, 0.3) is 10.8 Å². The Balaban J connectivity index is 0.995. The normalized spacial score (nSPS) is 17.3. The highest BCUT2D eigenvalue weighted by Crippen LogP contribution is 2.27. The van der Waals surface area contributed by atoms with Crippen LogP contribution in [-0.4, -0.2) is 81.4 Å². The maximum Gasteiger partial charge on any atom is 0.254 e. The average molecular weight is 602 g/mol. The number of fused-ring (bicyclic) bond motifs is 1. The first-order chi connectivity index (χ1) is 20.8. The molecule has 224 valence electrons. The molecule has 0 bridgehead atoms. The first kappa shape index (κ1) is 29.3. The van der Waals surface area contributed by atoms with E-state index in [1.54, 1.807) is 61.7 Å². The SMILES string of the molecule is COc1ccc(S(=O)(=O)c2ccc(CN3CCN(C4CCN(C(=O)c5ccc(F)c6ccccc56)CC4)CC3)cc2)cc1. The molecule has 1 amide bonds. The molecule has 0 aliphatic carbocycles. The van der Waals surface area contributed by atoms with Gasteiger partial charge >= 0.3 is 0 Å². The minimum atomic E-state index is -3.59. The van der Waals surface area contributed by atoms with Gasteiger partial charge in [0.05, 0.1) is 16.9 Å². The Morgan fingerprint density at radius 3 is 2.02 bits per heavy atom. The highest BCUT2D eigenvalue weighted by molar-refractivity contribution is 7.91. The van der Waals surface area contributed by atoms with Gasteiger partial charge in [-0.15, -0.1) is 0 Å². The van der Waals surface area contributed by atoms with E-state index in [0.717, 1.165) is 51.1 Å². The molecular weight excluding hydrogens is 565 g/mol. The summed E-state index contributed by atoms with van der Waals surface area (Å²) in [6.07, 6.45) is 1.85. The molecule has 0 aromatic heterocycles. The average Bonchev–Trinajstić information content (AvgIpc) is 3.05. The Labute approximate surface area is 252 Å². The van der Waals surface area contributed by atoms with Crippen molar-refractivity contribution in [2.45, 2.75) is 35.2 Å². The lowest BCUT2D eigenvalue weighted by atomic mass is 9.99. The van der Waals surface area contributed by atoms with E-state index in [-0.39, 0.29) is 21.5 Å². The second-order valence-corrected chi connectivity index (χ2v) is 13.2. The first-order valence-corrected chi connectivity index (χ1v) is 16.2. The third-order valence-corrected chi connectivity index (χ3v) is 10.6. The third-order valence-electron chi connectivity index (χ3n) is 8.79. The van der Waals surface area contributed by atoms with Crippen molar-refractivity contribution in [1.82, 2.24) is 14.7 Å². The number of rotatable bonds is 7. The van der Waals surface area contributed by atoms with Crippen LogP contribution in [0.2, 0.25) is 0 Å². The van der Waals surface area contributed by atoms with Gasteiger partial charge in [-0.2, -0.15) is 0 Å². The fraction of sp³-hybridized carbons (Fsp3) is 0.324. The lowest BCUT2D eigenvalue weighted by Crippen LogP contribution is -2.53. The van der Waals surface area contributed by atoms with E-state index >= 15 is 0 Å². The highest BCUT2D eigenvalue weighted by atomic mass is 32.2. The molecule has 2 aliphatic heterocycles. The number of carbonyl (C=O) groups excluding carboxylic acids is 1. The van der Waals surface area contributed by atoms with Gasteiger partial charge in [-0.3, -0.25) is 14.6 Å². The van der Waals surface area contributed by atoms with Crippen molar-refractivity contribution in [2.24, 2.45) is 0 Å². The van der Waals surface area contributed by atoms with E-state index in [4.69, 9.17) is 4.74 Å². The number of piperidine rings is 1. The Bertz CT molecular complexity index is 1690. The molecule has 0 saturated carbocycles. The van der Waals surface area contributed by atoms with Gasteiger partial charge in [0.2, 0.25) is 9.84 Å². The molecule has 2 aliphatic rings. The lowest BCUT2D eigenvalue weighted by Gasteiger charge is -2.43. The summed E-state index contributed by atoms with van der Waals surface area (Å²) < 4.78 is 45.4. The first-order valence-electron chi connectivity index (χ1n) is 14.7. The zero-order chi connectivity index (χ0) is 30.0. The molecule has 2 fully saturated rings. The molecule has 2 saturated heterocycles. The largest absolute Gasteiger partial charge is 0.497 e. The molecule has 9 heteroatoms. The molecule has 0 N–H and O–H groups in total. The summed E-state index contributed by atoms with van der Waals surface area (Å²) in [7, 11) is -2.04. The molecule has 4 aromatic carbocycles. The summed E-state index contributed by atoms with van der Waals surface area (Å²) in [6, 6.07) is 24.2. The van der Waals surface area contributed by atoms with Crippen LogP contribution in [0.5, 0.6) is 5.75 Å². The number of carbonyl (C=O) groups is 1. The summed E-state index contributed by atoms with van der Waals surface area (Å²) in [5.74, 6) is 0.285. The van der Waals surface area contributed by atoms with Crippen LogP contribution in [0.15, 0.2) is 94.7 Å². The number of sulfone groups is 1. The molecule has 6 rings (SSSR count). The van der Waals surface area contributed by atoms with Crippen molar-refractivity contribution in [1.29, 1.82) is 0 Å². The molecular formula is C34H36FN3O4S. The van der Waals surface area contributed by atoms with Crippen molar-refractivity contribution < 1.29 is 22.3 Å². The number of amides is 1. The number of piperazine rings is 1. The van der Waals surface area contributed by atoms with Crippen molar-refractivity contribution in [2.75, 3.05) is 46.4 Å². The van der Waals surface area contributed by atoms with E-state index < -0.39 is 9.84 Å². The zero-order valence-corrected chi connectivity index (χ0v) is 25.1. The van der Waals surface area contributed by atoms with Crippen LogP contribution in [0, 0.1) is 5.82 Å². The minimum Gasteiger partial charge on any atom is -0.497 e. The summed E-state index contributed by atoms with van der Waals surface area (Å²) in [5.41, 5.74) is 1.65. The number of methoxy groups -OCH3 is 1. The Hall–Kier alpha value is -3.79. The summed E-state index contributed by atoms with van der Waals surface area (Å²) in [4.78, 5) is 20.7. The van der Waals surface area contributed by atoms with Gasteiger partial charge in [-0.25, -0.2) is 12.8 Å². The molecule has 0 radical (unpaired) electrons. The molecule has 43 heavy (non-hydrogen) atoms. The Morgan fingerprint density at radius 2 is 1.40 bits per heavy atom. The van der Waals surface area contributed by atoms with E-state index in [9.17, 15) is 17.6 Å². The number of halogens is 1. The smallest absolute Gasteiger partial charge is 0.254 e. The van der Waals surface area contributed by atoms with Crippen molar-refractivity contribution in [3.63, 3.8) is 0 Å². The lowest BCUT2D eigenvalue weighted by molar-refractivity contribution is 0.0469. The van der Waals surface area contributed by atoms with Gasteiger partial charge in [0.25, 0.3) is 5.91 Å². The van der Waals surface area contributed by atoms with Crippen LogP contribution in [0.4, 0.5) is 4.39 Å². The van der Waals surface area contributed by atoms with Gasteiger partial charge < -0.3 is 9.64 Å². The molecule has 7 nitrogen and oxygen atoms in total. The van der Waals surface area contributed by atoms with Crippen molar-refractivity contribution in [3.8, 4) is 5.75 Å². The fourth-order valence-corrected chi connectivity index (χ4v) is 7.52. The van der Waals surface area contributed by atoms with Crippen LogP contribution >= 0.6 is 0 Å². The fourth-order valence-electron chi connectivity index (χ4n) is 6.26. The third kappa shape index (κ3) is 6.16. The van der Waals surface area contributed by atoms with Gasteiger partial charge in [-0.05, 0) is 72.3 Å². The summed E-state index contributed by atoms with van der Waals surface area (Å²) in [6.45, 7) is 5.97. The monoisotopic (exact) mass is 601 g/mol. The number of ether oxygens (including phenoxy) is 1. The van der Waals surface area contributed by atoms with Gasteiger partial charge in [0, 0.05) is 62.8 Å². The molecule has 0 unspecified atom stereocenters. The second-order valence-electron chi connectivity index (χ2n) is 11.3. The van der Waals surface area contributed by atoms with E-state index in [1.807, 2.05) is 29.2 Å². The number of likely N-dealkylation sites (tertiary alicyclic amines) is 1. The van der Waals surface area contributed by atoms with Crippen LogP contribution in [0.3, 0.4) is 0 Å². The Kier molecular flexibility index (Phi) is 8.47.